The van der Waals surface area contributed by atoms with Crippen LogP contribution in [0.25, 0.3) is 5.65 Å². The van der Waals surface area contributed by atoms with Crippen molar-refractivity contribution in [1.82, 2.24) is 9.38 Å². The van der Waals surface area contributed by atoms with Crippen LogP contribution in [0, 0.1) is 13.8 Å². The van der Waals surface area contributed by atoms with E-state index in [1.54, 1.807) is 0 Å². The van der Waals surface area contributed by atoms with Crippen LogP contribution < -0.4 is 5.32 Å². The lowest BCUT2D eigenvalue weighted by molar-refractivity contribution is 0.0972. The number of fused-ring (bicyclic) bond motifs is 3. The number of nitrogens with zero attached hydrogens (tertiary/aromatic N) is 2. The molecule has 28 heavy (non-hydrogen) atoms. The fourth-order valence-electron chi connectivity index (χ4n) is 3.12. The van der Waals surface area contributed by atoms with Crippen LogP contribution in [0.2, 0.25) is 0 Å². The first-order valence-corrected chi connectivity index (χ1v) is 10.5. The molecule has 0 saturated carbocycles. The molecule has 4 heteroatoms. The van der Waals surface area contributed by atoms with Gasteiger partial charge in [0.15, 0.2) is 11.4 Å². The molecular weight excluding hydrogens is 346 g/mol. The largest absolute Gasteiger partial charge is 0.374 e. The smallest absolute Gasteiger partial charge is 0.167 e. The number of hydrogen-bond donors (Lipinski definition) is 1. The van der Waals surface area contributed by atoms with Crippen LogP contribution in [0.1, 0.15) is 81.3 Å². The second-order valence-corrected chi connectivity index (χ2v) is 5.82. The molecule has 0 amide bonds. The molecule has 1 aliphatic rings. The molecule has 1 N–H and O–H groups in total. The van der Waals surface area contributed by atoms with E-state index in [0.717, 1.165) is 33.8 Å². The lowest BCUT2D eigenvalue weighted by Crippen LogP contribution is -2.23. The Morgan fingerprint density at radius 1 is 0.964 bits per heavy atom. The predicted octanol–water partition coefficient (Wildman–Crippen LogP) is 6.77. The van der Waals surface area contributed by atoms with Crippen LogP contribution in [0.15, 0.2) is 42.6 Å². The highest BCUT2D eigenvalue weighted by Gasteiger charge is 2.28. The molecule has 0 spiro atoms. The summed E-state index contributed by atoms with van der Waals surface area (Å²) in [5, 5.41) is 3.52. The van der Waals surface area contributed by atoms with E-state index in [0.29, 0.717) is 6.42 Å². The molecule has 2 aromatic heterocycles. The number of nitrogens with one attached hydrogen (secondary N) is 1. The van der Waals surface area contributed by atoms with Gasteiger partial charge in [0.25, 0.3) is 0 Å². The number of anilines is 1. The number of aromatic nitrogens is 2. The molecule has 4 rings (SSSR count). The number of pyridine rings is 1. The van der Waals surface area contributed by atoms with E-state index >= 15 is 0 Å². The quantitative estimate of drug-likeness (QED) is 0.506. The normalized spacial score (nSPS) is 14.3. The second-order valence-electron chi connectivity index (χ2n) is 5.82. The Bertz CT molecular complexity index is 882. The molecule has 0 radical (unpaired) electrons. The zero-order valence-electron chi connectivity index (χ0n) is 18.6. The topological polar surface area (TPSA) is 46.4 Å². The molecule has 0 bridgehead atoms. The summed E-state index contributed by atoms with van der Waals surface area (Å²) in [5.41, 5.74) is 5.65. The number of imidazole rings is 1. The Morgan fingerprint density at radius 3 is 2.18 bits per heavy atom. The maximum absolute atomic E-state index is 12.5. The van der Waals surface area contributed by atoms with Gasteiger partial charge in [-0.1, -0.05) is 71.9 Å². The van der Waals surface area contributed by atoms with E-state index in [9.17, 15) is 4.79 Å². The monoisotopic (exact) mass is 381 g/mol. The minimum Gasteiger partial charge on any atom is -0.374 e. The standard InChI is InChI=1S/C18H17N3O.3C2H6/c1-11-12(2)21-9-8-14-16(22)10-15(13-6-4-3-5-7-13)20-17(14)18(21)19-11;3*1-2/h3-9,15,20H,10H2,1-2H3;3*1-2H3. The Balaban J connectivity index is 0.000000599. The number of ketones is 1. The van der Waals surface area contributed by atoms with Gasteiger partial charge in [0.05, 0.1) is 17.4 Å². The molecule has 3 heterocycles. The van der Waals surface area contributed by atoms with Crippen molar-refractivity contribution >= 4 is 17.1 Å². The van der Waals surface area contributed by atoms with Crippen molar-refractivity contribution in [1.29, 1.82) is 0 Å². The van der Waals surface area contributed by atoms with Gasteiger partial charge < -0.3 is 9.72 Å². The highest BCUT2D eigenvalue weighted by atomic mass is 16.1. The van der Waals surface area contributed by atoms with Gasteiger partial charge in [0, 0.05) is 23.9 Å². The number of Topliss-reactive ketones (excluding diaryl/α,β-unsaturated/α-hetero) is 1. The fraction of sp³-hybridized carbons (Fsp3) is 0.417. The first kappa shape index (κ1) is 23.4. The van der Waals surface area contributed by atoms with Crippen molar-refractivity contribution in [3.05, 3.63) is 65.1 Å². The van der Waals surface area contributed by atoms with Gasteiger partial charge in [-0.3, -0.25) is 4.79 Å². The summed E-state index contributed by atoms with van der Waals surface area (Å²) in [7, 11) is 0. The SMILES string of the molecule is CC.CC.CC.Cc1nc2c3c(ccn2c1C)C(=O)CC(c1ccccc1)N3. The molecule has 1 aliphatic heterocycles. The van der Waals surface area contributed by atoms with E-state index in [-0.39, 0.29) is 11.8 Å². The second kappa shape index (κ2) is 11.3. The Morgan fingerprint density at radius 2 is 1.57 bits per heavy atom. The summed E-state index contributed by atoms with van der Waals surface area (Å²) in [6.45, 7) is 16.0. The van der Waals surface area contributed by atoms with Crippen molar-refractivity contribution in [2.24, 2.45) is 0 Å². The minimum absolute atomic E-state index is 0.00436. The summed E-state index contributed by atoms with van der Waals surface area (Å²) in [5.74, 6) is 0.170. The number of rotatable bonds is 1. The van der Waals surface area contributed by atoms with Crippen LogP contribution in [0.3, 0.4) is 0 Å². The number of carbonyl (C=O) groups is 1. The Hall–Kier alpha value is -2.62. The molecular formula is C24H35N3O. The van der Waals surface area contributed by atoms with Crippen LogP contribution in [0.5, 0.6) is 0 Å². The lowest BCUT2D eigenvalue weighted by atomic mass is 9.93. The maximum Gasteiger partial charge on any atom is 0.167 e. The van der Waals surface area contributed by atoms with E-state index in [2.05, 4.69) is 22.4 Å². The molecule has 0 saturated heterocycles. The highest BCUT2D eigenvalue weighted by Crippen LogP contribution is 2.35. The molecule has 0 aliphatic carbocycles. The Kier molecular flexibility index (Phi) is 9.43. The van der Waals surface area contributed by atoms with E-state index in [1.807, 2.05) is 90.3 Å². The summed E-state index contributed by atoms with van der Waals surface area (Å²) in [6, 6.07) is 12.0. The predicted molar refractivity (Wildman–Crippen MR) is 120 cm³/mol. The summed E-state index contributed by atoms with van der Waals surface area (Å²) in [4.78, 5) is 17.2. The molecule has 1 unspecified atom stereocenters. The number of carbonyl (C=O) groups excluding carboxylic acids is 1. The molecule has 1 aromatic carbocycles. The van der Waals surface area contributed by atoms with E-state index < -0.39 is 0 Å². The molecule has 0 fully saturated rings. The maximum atomic E-state index is 12.5. The van der Waals surface area contributed by atoms with Gasteiger partial charge in [0.1, 0.15) is 0 Å². The first-order valence-electron chi connectivity index (χ1n) is 10.5. The molecule has 1 atom stereocenters. The summed E-state index contributed by atoms with van der Waals surface area (Å²) < 4.78 is 2.04. The summed E-state index contributed by atoms with van der Waals surface area (Å²) >= 11 is 0. The van der Waals surface area contributed by atoms with Crippen molar-refractivity contribution < 1.29 is 4.79 Å². The third-order valence-corrected chi connectivity index (χ3v) is 4.48. The number of aryl methyl sites for hydroxylation is 2. The average Bonchev–Trinajstić information content (AvgIpc) is 3.07. The molecule has 152 valence electrons. The lowest BCUT2D eigenvalue weighted by Gasteiger charge is -2.26. The van der Waals surface area contributed by atoms with Crippen LogP contribution in [-0.4, -0.2) is 15.2 Å². The zero-order chi connectivity index (χ0) is 21.3. The van der Waals surface area contributed by atoms with Gasteiger partial charge in [-0.05, 0) is 25.5 Å². The van der Waals surface area contributed by atoms with Crippen molar-refractivity contribution in [3.8, 4) is 0 Å². The average molecular weight is 382 g/mol. The van der Waals surface area contributed by atoms with E-state index in [4.69, 9.17) is 0 Å². The molecule has 4 nitrogen and oxygen atoms in total. The number of benzene rings is 1. The van der Waals surface area contributed by atoms with Gasteiger partial charge in [-0.25, -0.2) is 4.98 Å². The number of hydrogen-bond acceptors (Lipinski definition) is 3. The van der Waals surface area contributed by atoms with Crippen molar-refractivity contribution in [3.63, 3.8) is 0 Å². The van der Waals surface area contributed by atoms with Crippen LogP contribution in [0.4, 0.5) is 5.69 Å². The van der Waals surface area contributed by atoms with Gasteiger partial charge in [-0.15, -0.1) is 0 Å². The third-order valence-electron chi connectivity index (χ3n) is 4.48. The first-order chi connectivity index (χ1) is 13.6. The van der Waals surface area contributed by atoms with Gasteiger partial charge in [0.2, 0.25) is 0 Å². The summed E-state index contributed by atoms with van der Waals surface area (Å²) in [6.07, 6.45) is 2.41. The minimum atomic E-state index is 0.00436. The fourth-order valence-corrected chi connectivity index (χ4v) is 3.12. The highest BCUT2D eigenvalue weighted by molar-refractivity contribution is 6.06. The molecule has 3 aromatic rings. The van der Waals surface area contributed by atoms with Gasteiger partial charge >= 0.3 is 0 Å². The third kappa shape index (κ3) is 4.61. The van der Waals surface area contributed by atoms with E-state index in [1.165, 1.54) is 0 Å². The van der Waals surface area contributed by atoms with Crippen molar-refractivity contribution in [2.75, 3.05) is 5.32 Å². The van der Waals surface area contributed by atoms with Crippen molar-refractivity contribution in [2.45, 2.75) is 67.9 Å². The van der Waals surface area contributed by atoms with Crippen LogP contribution in [-0.2, 0) is 0 Å². The zero-order valence-corrected chi connectivity index (χ0v) is 18.6. The van der Waals surface area contributed by atoms with Crippen LogP contribution >= 0.6 is 0 Å². The Labute approximate surface area is 170 Å². The van der Waals surface area contributed by atoms with Gasteiger partial charge in [-0.2, -0.15) is 0 Å².